The Labute approximate surface area is 101 Å². The minimum Gasteiger partial charge on any atom is -0.316 e. The van der Waals surface area contributed by atoms with E-state index in [2.05, 4.69) is 23.7 Å². The second-order valence-corrected chi connectivity index (χ2v) is 5.73. The molecule has 0 saturated carbocycles. The molecule has 1 aromatic rings. The van der Waals surface area contributed by atoms with E-state index in [1.165, 1.54) is 42.2 Å². The van der Waals surface area contributed by atoms with E-state index >= 15 is 0 Å². The first-order valence-electron chi connectivity index (χ1n) is 6.23. The van der Waals surface area contributed by atoms with Crippen LogP contribution in [0.3, 0.4) is 0 Å². The minimum atomic E-state index is 0.772. The van der Waals surface area contributed by atoms with Crippen LogP contribution in [0.1, 0.15) is 30.5 Å². The third-order valence-corrected chi connectivity index (χ3v) is 4.59. The minimum absolute atomic E-state index is 0.772. The Morgan fingerprint density at radius 1 is 1.50 bits per heavy atom. The van der Waals surface area contributed by atoms with Gasteiger partial charge in [0.2, 0.25) is 0 Å². The third-order valence-electron chi connectivity index (χ3n) is 3.62. The number of fused-ring (bicyclic) bond motifs is 1. The molecular weight excluding hydrogens is 216 g/mol. The van der Waals surface area contributed by atoms with Gasteiger partial charge in [-0.05, 0) is 36.8 Å². The van der Waals surface area contributed by atoms with E-state index in [0.717, 1.165) is 18.3 Å². The molecule has 2 aliphatic rings. The Hall–Kier alpha value is -0.670. The molecule has 2 nitrogen and oxygen atoms in total. The van der Waals surface area contributed by atoms with Crippen LogP contribution in [0, 0.1) is 11.8 Å². The molecule has 1 fully saturated rings. The van der Waals surface area contributed by atoms with Crippen LogP contribution in [0.25, 0.3) is 5.57 Å². The zero-order valence-corrected chi connectivity index (χ0v) is 10.5. The quantitative estimate of drug-likeness (QED) is 0.870. The summed E-state index contributed by atoms with van der Waals surface area (Å²) in [5.41, 5.74) is 2.78. The summed E-state index contributed by atoms with van der Waals surface area (Å²) in [6, 6.07) is 0. The van der Waals surface area contributed by atoms with Crippen LogP contribution in [-0.2, 0) is 6.42 Å². The van der Waals surface area contributed by atoms with Crippen molar-refractivity contribution in [3.8, 4) is 0 Å². The van der Waals surface area contributed by atoms with Crippen LogP contribution in [0.4, 0.5) is 0 Å². The highest BCUT2D eigenvalue weighted by Crippen LogP contribution is 2.39. The van der Waals surface area contributed by atoms with E-state index in [9.17, 15) is 0 Å². The summed E-state index contributed by atoms with van der Waals surface area (Å²) >= 11 is 1.83. The Morgan fingerprint density at radius 3 is 3.25 bits per heavy atom. The number of thiazole rings is 1. The summed E-state index contributed by atoms with van der Waals surface area (Å²) < 4.78 is 0. The summed E-state index contributed by atoms with van der Waals surface area (Å²) in [6.45, 7) is 4.57. The zero-order valence-electron chi connectivity index (χ0n) is 9.70. The molecule has 0 aromatic carbocycles. The van der Waals surface area contributed by atoms with Crippen LogP contribution in [0.2, 0.25) is 0 Å². The fourth-order valence-electron chi connectivity index (χ4n) is 2.76. The number of hydrogen-bond donors (Lipinski definition) is 1. The highest BCUT2D eigenvalue weighted by Gasteiger charge is 2.32. The topological polar surface area (TPSA) is 24.9 Å². The van der Waals surface area contributed by atoms with Crippen molar-refractivity contribution < 1.29 is 0 Å². The predicted octanol–water partition coefficient (Wildman–Crippen LogP) is 2.72. The molecule has 2 heterocycles. The van der Waals surface area contributed by atoms with Crippen molar-refractivity contribution in [1.82, 2.24) is 10.3 Å². The lowest BCUT2D eigenvalue weighted by Gasteiger charge is -2.04. The van der Waals surface area contributed by atoms with Crippen molar-refractivity contribution in [1.29, 1.82) is 0 Å². The summed E-state index contributed by atoms with van der Waals surface area (Å²) in [5, 5.41) is 6.96. The largest absolute Gasteiger partial charge is 0.316 e. The predicted molar refractivity (Wildman–Crippen MR) is 68.6 cm³/mol. The molecule has 1 aliphatic carbocycles. The summed E-state index contributed by atoms with van der Waals surface area (Å²) in [5.74, 6) is 1.61. The van der Waals surface area contributed by atoms with Gasteiger partial charge in [0.05, 0.1) is 5.69 Å². The first-order valence-corrected chi connectivity index (χ1v) is 7.11. The molecule has 0 radical (unpaired) electrons. The fraction of sp³-hybridized carbons (Fsp3) is 0.615. The van der Waals surface area contributed by atoms with Gasteiger partial charge < -0.3 is 5.32 Å². The average molecular weight is 234 g/mol. The highest BCUT2D eigenvalue weighted by atomic mass is 32.1. The normalized spacial score (nSPS) is 28.2. The van der Waals surface area contributed by atoms with Gasteiger partial charge in [0, 0.05) is 11.9 Å². The molecule has 1 N–H and O–H groups in total. The number of aromatic nitrogens is 1. The standard InChI is InChI=1S/C13H18N2S/c1-2-3-12-8-16-13(15-12)9-4-10-6-14-7-11(10)5-9/h4,8,10-11,14H,2-3,5-7H2,1H3. The first kappa shape index (κ1) is 10.5. The molecule has 3 rings (SSSR count). The van der Waals surface area contributed by atoms with E-state index in [1.807, 2.05) is 11.3 Å². The maximum Gasteiger partial charge on any atom is 0.119 e. The second-order valence-electron chi connectivity index (χ2n) is 4.87. The van der Waals surface area contributed by atoms with Gasteiger partial charge in [-0.25, -0.2) is 4.98 Å². The van der Waals surface area contributed by atoms with Crippen LogP contribution in [0.15, 0.2) is 11.5 Å². The number of nitrogens with zero attached hydrogens (tertiary/aromatic N) is 1. The van der Waals surface area contributed by atoms with Crippen molar-refractivity contribution >= 4 is 16.9 Å². The van der Waals surface area contributed by atoms with Crippen LogP contribution in [-0.4, -0.2) is 18.1 Å². The molecule has 1 aromatic heterocycles. The van der Waals surface area contributed by atoms with E-state index < -0.39 is 0 Å². The van der Waals surface area contributed by atoms with Crippen molar-refractivity contribution in [3.63, 3.8) is 0 Å². The Morgan fingerprint density at radius 2 is 2.44 bits per heavy atom. The Kier molecular flexibility index (Phi) is 2.82. The molecule has 86 valence electrons. The number of hydrogen-bond acceptors (Lipinski definition) is 3. The lowest BCUT2D eigenvalue weighted by Crippen LogP contribution is -2.09. The first-order chi connectivity index (χ1) is 7.86. The van der Waals surface area contributed by atoms with E-state index in [4.69, 9.17) is 4.98 Å². The van der Waals surface area contributed by atoms with Crippen LogP contribution in [0.5, 0.6) is 0 Å². The molecular formula is C13H18N2S. The van der Waals surface area contributed by atoms with Crippen molar-refractivity contribution in [3.05, 3.63) is 22.2 Å². The van der Waals surface area contributed by atoms with Gasteiger partial charge in [-0.2, -0.15) is 0 Å². The fourth-order valence-corrected chi connectivity index (χ4v) is 3.66. The smallest absolute Gasteiger partial charge is 0.119 e. The van der Waals surface area contributed by atoms with Gasteiger partial charge in [-0.15, -0.1) is 11.3 Å². The van der Waals surface area contributed by atoms with Crippen LogP contribution < -0.4 is 5.32 Å². The SMILES string of the molecule is CCCc1csc(C2=CC3CNCC3C2)n1. The number of allylic oxidation sites excluding steroid dienone is 1. The lowest BCUT2D eigenvalue weighted by molar-refractivity contribution is 0.536. The molecule has 0 amide bonds. The van der Waals surface area contributed by atoms with Gasteiger partial charge in [0.15, 0.2) is 0 Å². The molecule has 3 heteroatoms. The van der Waals surface area contributed by atoms with Gasteiger partial charge in [0.25, 0.3) is 0 Å². The molecule has 0 bridgehead atoms. The van der Waals surface area contributed by atoms with Gasteiger partial charge in [0.1, 0.15) is 5.01 Å². The summed E-state index contributed by atoms with van der Waals surface area (Å²) in [4.78, 5) is 4.74. The second kappa shape index (κ2) is 4.30. The van der Waals surface area contributed by atoms with E-state index in [1.54, 1.807) is 0 Å². The number of nitrogens with one attached hydrogen (secondary N) is 1. The molecule has 1 saturated heterocycles. The Balaban J connectivity index is 1.77. The van der Waals surface area contributed by atoms with Crippen molar-refractivity contribution in [2.24, 2.45) is 11.8 Å². The molecule has 0 spiro atoms. The molecule has 1 aliphatic heterocycles. The van der Waals surface area contributed by atoms with Crippen molar-refractivity contribution in [2.45, 2.75) is 26.2 Å². The van der Waals surface area contributed by atoms with Gasteiger partial charge >= 0.3 is 0 Å². The maximum absolute atomic E-state index is 4.74. The van der Waals surface area contributed by atoms with Gasteiger partial charge in [-0.3, -0.25) is 0 Å². The van der Waals surface area contributed by atoms with E-state index in [-0.39, 0.29) is 0 Å². The van der Waals surface area contributed by atoms with Gasteiger partial charge in [-0.1, -0.05) is 19.4 Å². The summed E-state index contributed by atoms with van der Waals surface area (Å²) in [7, 11) is 0. The number of rotatable bonds is 3. The molecule has 16 heavy (non-hydrogen) atoms. The molecule has 2 unspecified atom stereocenters. The van der Waals surface area contributed by atoms with Crippen LogP contribution >= 0.6 is 11.3 Å². The Bertz CT molecular complexity index is 408. The van der Waals surface area contributed by atoms with E-state index in [0.29, 0.717) is 0 Å². The zero-order chi connectivity index (χ0) is 11.0. The highest BCUT2D eigenvalue weighted by molar-refractivity contribution is 7.10. The maximum atomic E-state index is 4.74. The van der Waals surface area contributed by atoms with Crippen molar-refractivity contribution in [2.75, 3.05) is 13.1 Å². The monoisotopic (exact) mass is 234 g/mol. The lowest BCUT2D eigenvalue weighted by atomic mass is 10.00. The average Bonchev–Trinajstić information content (AvgIpc) is 2.88. The number of aryl methyl sites for hydroxylation is 1. The summed E-state index contributed by atoms with van der Waals surface area (Å²) in [6.07, 6.45) is 6.01. The molecule has 2 atom stereocenters. The third kappa shape index (κ3) is 1.82.